The Morgan fingerprint density at radius 1 is 0.341 bits per heavy atom. The molecule has 0 aliphatic rings. The zero-order chi connectivity index (χ0) is 99.6. The molecule has 23 heteroatoms. The van der Waals surface area contributed by atoms with Crippen LogP contribution in [0.1, 0.15) is 359 Å². The van der Waals surface area contributed by atoms with Crippen molar-refractivity contribution in [1.82, 2.24) is 59.8 Å². The number of aryl methyl sites for hydroxylation is 4. The maximum absolute atomic E-state index is 12.8. The molecule has 0 radical (unpaired) electrons. The van der Waals surface area contributed by atoms with Crippen LogP contribution in [-0.4, -0.2) is 100 Å². The summed E-state index contributed by atoms with van der Waals surface area (Å²) in [4.78, 5) is 63.5. The summed E-state index contributed by atoms with van der Waals surface area (Å²) in [7, 11) is -5.97. The van der Waals surface area contributed by atoms with E-state index in [0.29, 0.717) is 76.3 Å². The number of carbonyl (C=O) groups is 1. The molecule has 0 spiro atoms. The number of hydrogen-bond acceptors (Lipinski definition) is 17. The first-order valence-corrected chi connectivity index (χ1v) is 51.3. The van der Waals surface area contributed by atoms with Gasteiger partial charge in [0.2, 0.25) is 0 Å². The summed E-state index contributed by atoms with van der Waals surface area (Å²) in [5.41, 5.74) is 17.9. The van der Waals surface area contributed by atoms with Crippen molar-refractivity contribution in [2.75, 3.05) is 18.8 Å². The van der Waals surface area contributed by atoms with Crippen molar-refractivity contribution >= 4 is 46.1 Å². The molecule has 17 nitrogen and oxygen atoms in total. The van der Waals surface area contributed by atoms with Gasteiger partial charge in [0.05, 0.1) is 38.7 Å². The third kappa shape index (κ3) is 47.6. The van der Waals surface area contributed by atoms with Crippen LogP contribution in [-0.2, 0) is 28.6 Å². The number of rotatable bonds is 17. The summed E-state index contributed by atoms with van der Waals surface area (Å²) in [6.07, 6.45) is 24.3. The van der Waals surface area contributed by atoms with Crippen LogP contribution < -0.4 is 0 Å². The predicted octanol–water partition coefficient (Wildman–Crippen LogP) is 30.0. The van der Waals surface area contributed by atoms with Gasteiger partial charge >= 0.3 is 0 Å². The third-order valence-corrected chi connectivity index (χ3v) is 22.8. The van der Waals surface area contributed by atoms with Gasteiger partial charge in [0.15, 0.2) is 5.78 Å². The van der Waals surface area contributed by atoms with Gasteiger partial charge in [0.1, 0.15) is 22.5 Å². The Labute approximate surface area is 795 Å². The van der Waals surface area contributed by atoms with Gasteiger partial charge in [-0.25, -0.2) is 27.1 Å². The molecule has 12 rings (SSSR count). The molecule has 0 saturated heterocycles. The van der Waals surface area contributed by atoms with E-state index < -0.39 is 28.6 Å². The van der Waals surface area contributed by atoms with E-state index in [9.17, 15) is 22.2 Å². The van der Waals surface area contributed by atoms with E-state index in [1.165, 1.54) is 76.7 Å². The molecule has 3 N–H and O–H groups in total. The number of halogens is 3. The normalized spacial score (nSPS) is 11.9. The van der Waals surface area contributed by atoms with Gasteiger partial charge in [0.25, 0.3) is 0 Å². The fourth-order valence-corrected chi connectivity index (χ4v) is 15.4. The Morgan fingerprint density at radius 2 is 0.712 bits per heavy atom. The van der Waals surface area contributed by atoms with Gasteiger partial charge in [-0.2, -0.15) is 0 Å². The minimum absolute atomic E-state index is 0. The van der Waals surface area contributed by atoms with Crippen molar-refractivity contribution < 1.29 is 22.2 Å². The van der Waals surface area contributed by atoms with Crippen molar-refractivity contribution in [3.8, 4) is 0 Å². The number of pyridine rings is 12. The van der Waals surface area contributed by atoms with Crippen LogP contribution in [0.15, 0.2) is 241 Å². The topological polar surface area (TPSA) is 260 Å². The number of Topliss-reactive ketones (excluding diaryl/α,β-unsaturated/α-hetero) is 1. The molecule has 0 aliphatic heterocycles. The first-order chi connectivity index (χ1) is 61.2. The van der Waals surface area contributed by atoms with E-state index in [-0.39, 0.29) is 42.5 Å². The monoisotopic (exact) mass is 1860 g/mol. The zero-order valence-electron chi connectivity index (χ0n) is 84.5. The molecule has 12 aromatic rings. The van der Waals surface area contributed by atoms with E-state index in [2.05, 4.69) is 233 Å². The summed E-state index contributed by atoms with van der Waals surface area (Å²) in [6, 6.07) is 48.5. The molecule has 0 bridgehead atoms. The fraction of sp³-hybridized carbons (Fsp3) is 0.422. The van der Waals surface area contributed by atoms with Crippen LogP contribution in [0.2, 0.25) is 0 Å². The molecule has 0 aromatic carbocycles. The van der Waals surface area contributed by atoms with Crippen LogP contribution in [0, 0.1) is 59.5 Å². The van der Waals surface area contributed by atoms with Gasteiger partial charge in [-0.05, 0) is 255 Å². The highest BCUT2D eigenvalue weighted by atomic mass is 32.2. The van der Waals surface area contributed by atoms with E-state index in [1.807, 2.05) is 198 Å². The number of nitrogens with one attached hydrogen (secondary N) is 3. The molecule has 132 heavy (non-hydrogen) atoms. The summed E-state index contributed by atoms with van der Waals surface area (Å²) >= 11 is 0. The highest BCUT2D eigenvalue weighted by Gasteiger charge is 2.17. The smallest absolute Gasteiger partial charge is 0.164 e. The van der Waals surface area contributed by atoms with Crippen LogP contribution in [0.25, 0.3) is 0 Å². The molecule has 3 atom stereocenters. The second kappa shape index (κ2) is 62.6. The summed E-state index contributed by atoms with van der Waals surface area (Å²) in [6.45, 7) is 60.1. The molecule has 2 unspecified atom stereocenters. The second-order valence-electron chi connectivity index (χ2n) is 35.5. The van der Waals surface area contributed by atoms with E-state index in [4.69, 9.17) is 14.3 Å². The maximum atomic E-state index is 12.8. The number of ketones is 1. The standard InChI is InChI=1S/C11H15NO.2C10H16N2S.C9H14N2OS.4C9H13N.3C8H10FN.C8H11N.CH4/c1-4-10(13)9-6-5-7-12-11(9)8(2)3;2*1-8(2)10-9(13(3,4)11)6-5-7-12-10;1-7(2)8-5-4-6-11-9(8)13(3,10)12;1-7(2)9-5-4-6-10-8(9)3;2*1-7(2)9-8(3)5-4-6-10-9;1-7(2)9-6-4-5-8(3)10-9;1-6(2)8-5-7(9)3-4-10-8;1-6(2)8-4-3-7(9)5-10-8;1-6(2)8-7(9)4-3-5-10-8;1-7(2)8-5-3-4-6-9-8;/h5-8H,4H2,1-3H3;2*5-8,11H,3H2,1-2,4H3;4-7,10H,1-3H3;4*4-7H,1-3H3;3*3-6H,1-2H3;3-7H,1-2H3;1H4/t;;;13-;;;;;;;;;/m...0........./s1. The van der Waals surface area contributed by atoms with Gasteiger partial charge < -0.3 is 0 Å². The highest BCUT2D eigenvalue weighted by molar-refractivity contribution is 8.01. The molecule has 0 saturated carbocycles. The van der Waals surface area contributed by atoms with E-state index >= 15 is 0 Å². The molecule has 12 aromatic heterocycles. The number of hydrogen-bond donors (Lipinski definition) is 3. The fourth-order valence-electron chi connectivity index (χ4n) is 12.1. The Hall–Kier alpha value is -10.8. The lowest BCUT2D eigenvalue weighted by Gasteiger charge is -2.13. The van der Waals surface area contributed by atoms with Crippen molar-refractivity contribution in [3.63, 3.8) is 0 Å². The molecule has 0 fully saturated rings. The molecule has 0 amide bonds. The minimum atomic E-state index is -2.69. The summed E-state index contributed by atoms with van der Waals surface area (Å²) in [5, 5.41) is 0.421. The highest BCUT2D eigenvalue weighted by Crippen LogP contribution is 2.26. The van der Waals surface area contributed by atoms with Crippen LogP contribution in [0.5, 0.6) is 0 Å². The van der Waals surface area contributed by atoms with Gasteiger partial charge in [-0.1, -0.05) is 229 Å². The largest absolute Gasteiger partial charge is 0.294 e. The molecule has 12 heterocycles. The Balaban J connectivity index is 0.00000142. The van der Waals surface area contributed by atoms with E-state index in [1.54, 1.807) is 43.1 Å². The summed E-state index contributed by atoms with van der Waals surface area (Å²) in [5.74, 6) is 12.2. The predicted molar refractivity (Wildman–Crippen MR) is 558 cm³/mol. The van der Waals surface area contributed by atoms with E-state index in [0.717, 1.165) is 66.5 Å². The molecular formula is C109H158F3N15O2S3. The molecular weight excluding hydrogens is 1700 g/mol. The Kier molecular flexibility index (Phi) is 57.5. The van der Waals surface area contributed by atoms with Crippen molar-refractivity contribution in [2.24, 2.45) is 0 Å². The average Bonchev–Trinajstić information content (AvgIpc) is 0.831. The van der Waals surface area contributed by atoms with Crippen molar-refractivity contribution in [2.45, 2.75) is 300 Å². The lowest BCUT2D eigenvalue weighted by molar-refractivity contribution is 0.0986. The molecule has 720 valence electrons. The lowest BCUT2D eigenvalue weighted by atomic mass is 10.00. The lowest BCUT2D eigenvalue weighted by Crippen LogP contribution is -2.05. The second-order valence-corrected chi connectivity index (χ2v) is 42.8. The summed E-state index contributed by atoms with van der Waals surface area (Å²) < 4.78 is 72.4. The van der Waals surface area contributed by atoms with Gasteiger partial charge in [-0.15, -0.1) is 18.8 Å². The maximum Gasteiger partial charge on any atom is 0.164 e. The van der Waals surface area contributed by atoms with Gasteiger partial charge in [0, 0.05) is 136 Å². The minimum Gasteiger partial charge on any atom is -0.294 e. The van der Waals surface area contributed by atoms with Crippen molar-refractivity contribution in [1.29, 1.82) is 14.3 Å². The third-order valence-electron chi connectivity index (χ3n) is 19.1. The zero-order valence-corrected chi connectivity index (χ0v) is 86.9. The van der Waals surface area contributed by atoms with Crippen molar-refractivity contribution in [3.05, 3.63) is 339 Å². The molecule has 0 aliphatic carbocycles. The van der Waals surface area contributed by atoms with Crippen LogP contribution in [0.3, 0.4) is 0 Å². The first-order valence-electron chi connectivity index (χ1n) is 44.9. The van der Waals surface area contributed by atoms with Crippen LogP contribution in [0.4, 0.5) is 13.2 Å². The number of carbonyl (C=O) groups excluding carboxylic acids is 1. The van der Waals surface area contributed by atoms with Gasteiger partial charge in [-0.3, -0.25) is 69.2 Å². The quantitative estimate of drug-likeness (QED) is 0.0566. The average molecular weight is 1860 g/mol. The number of nitrogens with zero attached hydrogens (tertiary/aromatic N) is 12. The Bertz CT molecular complexity index is 5190. The SMILES string of the molecule is C.C=S(C)(=N)c1cccnc1C(C)C.C=S(C)(=N)c1cccnc1C(C)C.CC(C)c1cc(F)ccn1.CC(C)c1ccc(F)cn1.CC(C)c1ccccn1.CC(C)c1cccnc1[S@@](C)(=N)=O.CC(C)c1ncccc1F.CCC(=O)c1cccnc1C(C)C.Cc1cccc(C(C)C)n1.Cc1cccnc1C(C)C.Cc1cccnc1C(C)C.Cc1ncccc1C(C)C. The Morgan fingerprint density at radius 3 is 1.02 bits per heavy atom. The first kappa shape index (κ1) is 121. The van der Waals surface area contributed by atoms with Crippen LogP contribution >= 0.6 is 0 Å². The number of aromatic nitrogens is 12.